The fraction of sp³-hybridized carbons (Fsp3) is 0.389. The number of hydrogen-bond acceptors (Lipinski definition) is 4. The topological polar surface area (TPSA) is 46.8 Å². The first kappa shape index (κ1) is 16.9. The number of benzene rings is 1. The van der Waals surface area contributed by atoms with E-state index in [9.17, 15) is 0 Å². The Morgan fingerprint density at radius 3 is 2.58 bits per heavy atom. The lowest BCUT2D eigenvalue weighted by atomic mass is 10.0. The summed E-state index contributed by atoms with van der Waals surface area (Å²) in [5, 5.41) is 5.38. The van der Waals surface area contributed by atoms with Gasteiger partial charge in [-0.05, 0) is 41.3 Å². The molecule has 2 aromatic heterocycles. The maximum Gasteiger partial charge on any atom is 0.164 e. The van der Waals surface area contributed by atoms with Crippen LogP contribution in [-0.2, 0) is 13.5 Å². The lowest BCUT2D eigenvalue weighted by Gasteiger charge is -2.29. The Morgan fingerprint density at radius 2 is 1.92 bits per heavy atom. The van der Waals surface area contributed by atoms with Crippen LogP contribution in [0.1, 0.15) is 24.5 Å². The van der Waals surface area contributed by atoms with Crippen molar-refractivity contribution in [2.24, 2.45) is 7.05 Å². The zero-order valence-corrected chi connectivity index (χ0v) is 16.1. The van der Waals surface area contributed by atoms with Gasteiger partial charge in [0, 0.05) is 20.1 Å². The molecule has 6 heteroatoms. The lowest BCUT2D eigenvalue weighted by molar-refractivity contribution is 0.602. The van der Waals surface area contributed by atoms with Gasteiger partial charge in [0.1, 0.15) is 16.7 Å². The third-order valence-electron chi connectivity index (χ3n) is 4.50. The lowest BCUT2D eigenvalue weighted by Crippen LogP contribution is -2.33. The maximum atomic E-state index is 4.54. The van der Waals surface area contributed by atoms with E-state index in [1.807, 2.05) is 7.05 Å². The Hall–Kier alpha value is -1.95. The van der Waals surface area contributed by atoms with E-state index in [0.29, 0.717) is 6.04 Å². The molecular formula is C18H22BrN5. The molecule has 0 aliphatic rings. The van der Waals surface area contributed by atoms with E-state index in [-0.39, 0.29) is 0 Å². The van der Waals surface area contributed by atoms with Gasteiger partial charge in [0.05, 0.1) is 5.39 Å². The SMILES string of the molecule is CCC(Cc1ccc(C)cc1)N(C)c1ncnc2c1c(Br)nn2C. The Labute approximate surface area is 150 Å². The number of aromatic nitrogens is 4. The number of halogens is 1. The highest BCUT2D eigenvalue weighted by atomic mass is 79.9. The molecule has 0 amide bonds. The highest BCUT2D eigenvalue weighted by Gasteiger charge is 2.21. The van der Waals surface area contributed by atoms with Crippen LogP contribution in [0.4, 0.5) is 5.82 Å². The highest BCUT2D eigenvalue weighted by Crippen LogP contribution is 2.30. The summed E-state index contributed by atoms with van der Waals surface area (Å²) in [4.78, 5) is 11.1. The van der Waals surface area contributed by atoms with Crippen LogP contribution >= 0.6 is 15.9 Å². The number of anilines is 1. The molecule has 0 radical (unpaired) electrons. The van der Waals surface area contributed by atoms with Crippen molar-refractivity contribution >= 4 is 32.8 Å². The average Bonchev–Trinajstić information content (AvgIpc) is 2.88. The van der Waals surface area contributed by atoms with E-state index >= 15 is 0 Å². The summed E-state index contributed by atoms with van der Waals surface area (Å²) in [6.07, 6.45) is 3.63. The van der Waals surface area contributed by atoms with Crippen LogP contribution in [0.3, 0.4) is 0 Å². The van der Waals surface area contributed by atoms with Crippen LogP contribution in [0.2, 0.25) is 0 Å². The minimum absolute atomic E-state index is 0.359. The quantitative estimate of drug-likeness (QED) is 0.665. The molecule has 0 bridgehead atoms. The van der Waals surface area contributed by atoms with Crippen LogP contribution in [0, 0.1) is 6.92 Å². The summed E-state index contributed by atoms with van der Waals surface area (Å²) in [6, 6.07) is 9.12. The van der Waals surface area contributed by atoms with Crippen molar-refractivity contribution in [1.29, 1.82) is 0 Å². The van der Waals surface area contributed by atoms with Crippen LogP contribution in [0.15, 0.2) is 35.2 Å². The predicted molar refractivity (Wildman–Crippen MR) is 101 cm³/mol. The van der Waals surface area contributed by atoms with Crippen LogP contribution < -0.4 is 4.90 Å². The molecule has 0 N–H and O–H groups in total. The molecular weight excluding hydrogens is 366 g/mol. The van der Waals surface area contributed by atoms with Crippen LogP contribution in [-0.4, -0.2) is 32.8 Å². The van der Waals surface area contributed by atoms with Gasteiger partial charge in [-0.15, -0.1) is 0 Å². The normalized spacial score (nSPS) is 12.5. The second-order valence-corrected chi connectivity index (χ2v) is 6.92. The van der Waals surface area contributed by atoms with Gasteiger partial charge in [0.2, 0.25) is 0 Å². The first-order valence-electron chi connectivity index (χ1n) is 8.12. The smallest absolute Gasteiger partial charge is 0.164 e. The van der Waals surface area contributed by atoms with E-state index in [4.69, 9.17) is 0 Å². The first-order valence-corrected chi connectivity index (χ1v) is 8.92. The Morgan fingerprint density at radius 1 is 1.21 bits per heavy atom. The Kier molecular flexibility index (Phi) is 4.85. The fourth-order valence-corrected chi connectivity index (χ4v) is 3.61. The number of fused-ring (bicyclic) bond motifs is 1. The number of aryl methyl sites for hydroxylation is 2. The standard InChI is InChI=1S/C18H22BrN5/c1-5-14(10-13-8-6-12(2)7-9-13)23(3)17-15-16(19)22-24(4)18(15)21-11-20-17/h6-9,11,14H,5,10H2,1-4H3. The molecule has 1 atom stereocenters. The molecule has 126 valence electrons. The minimum Gasteiger partial charge on any atom is -0.356 e. The highest BCUT2D eigenvalue weighted by molar-refractivity contribution is 9.10. The maximum absolute atomic E-state index is 4.54. The average molecular weight is 388 g/mol. The number of likely N-dealkylation sites (N-methyl/N-ethyl adjacent to an activating group) is 1. The molecule has 0 aliphatic heterocycles. The van der Waals surface area contributed by atoms with Gasteiger partial charge < -0.3 is 4.90 Å². The Balaban J connectivity index is 1.94. The van der Waals surface area contributed by atoms with E-state index in [0.717, 1.165) is 34.3 Å². The van der Waals surface area contributed by atoms with Gasteiger partial charge in [-0.2, -0.15) is 5.10 Å². The van der Waals surface area contributed by atoms with Crippen molar-refractivity contribution < 1.29 is 0 Å². The molecule has 0 spiro atoms. The van der Waals surface area contributed by atoms with Gasteiger partial charge in [0.25, 0.3) is 0 Å². The second kappa shape index (κ2) is 6.89. The summed E-state index contributed by atoms with van der Waals surface area (Å²) in [5.74, 6) is 0.916. The summed E-state index contributed by atoms with van der Waals surface area (Å²) in [7, 11) is 4.00. The van der Waals surface area contributed by atoms with Gasteiger partial charge >= 0.3 is 0 Å². The summed E-state index contributed by atoms with van der Waals surface area (Å²) in [5.41, 5.74) is 3.47. The van der Waals surface area contributed by atoms with Crippen molar-refractivity contribution in [3.05, 3.63) is 46.3 Å². The van der Waals surface area contributed by atoms with Crippen molar-refractivity contribution in [2.75, 3.05) is 11.9 Å². The molecule has 3 rings (SSSR count). The van der Waals surface area contributed by atoms with Crippen molar-refractivity contribution in [2.45, 2.75) is 32.7 Å². The number of rotatable bonds is 5. The fourth-order valence-electron chi connectivity index (χ4n) is 3.02. The molecule has 3 aromatic rings. The Bertz CT molecular complexity index is 840. The van der Waals surface area contributed by atoms with Crippen LogP contribution in [0.5, 0.6) is 0 Å². The van der Waals surface area contributed by atoms with Crippen molar-refractivity contribution in [3.63, 3.8) is 0 Å². The van der Waals surface area contributed by atoms with E-state index in [1.54, 1.807) is 11.0 Å². The van der Waals surface area contributed by atoms with Gasteiger partial charge in [-0.3, -0.25) is 0 Å². The van der Waals surface area contributed by atoms with E-state index in [1.165, 1.54) is 11.1 Å². The number of hydrogen-bond donors (Lipinski definition) is 0. The molecule has 5 nitrogen and oxygen atoms in total. The van der Waals surface area contributed by atoms with E-state index in [2.05, 4.69) is 81.1 Å². The molecule has 0 saturated carbocycles. The molecule has 0 aliphatic carbocycles. The van der Waals surface area contributed by atoms with Crippen molar-refractivity contribution in [1.82, 2.24) is 19.7 Å². The minimum atomic E-state index is 0.359. The largest absolute Gasteiger partial charge is 0.356 e. The third kappa shape index (κ3) is 3.15. The molecule has 2 heterocycles. The predicted octanol–water partition coefficient (Wildman–Crippen LogP) is 3.89. The molecule has 1 unspecified atom stereocenters. The summed E-state index contributed by atoms with van der Waals surface area (Å²) >= 11 is 3.54. The van der Waals surface area contributed by atoms with Crippen molar-refractivity contribution in [3.8, 4) is 0 Å². The van der Waals surface area contributed by atoms with Gasteiger partial charge in [-0.1, -0.05) is 36.8 Å². The first-order chi connectivity index (χ1) is 11.5. The summed E-state index contributed by atoms with van der Waals surface area (Å²) in [6.45, 7) is 4.33. The molecule has 1 aromatic carbocycles. The zero-order valence-electron chi connectivity index (χ0n) is 14.5. The molecule has 24 heavy (non-hydrogen) atoms. The molecule has 0 fully saturated rings. The van der Waals surface area contributed by atoms with Gasteiger partial charge in [0.15, 0.2) is 5.65 Å². The number of nitrogens with zero attached hydrogens (tertiary/aromatic N) is 5. The van der Waals surface area contributed by atoms with Gasteiger partial charge in [-0.25, -0.2) is 14.6 Å². The third-order valence-corrected chi connectivity index (χ3v) is 5.06. The van der Waals surface area contributed by atoms with E-state index < -0.39 is 0 Å². The second-order valence-electron chi connectivity index (χ2n) is 6.17. The van der Waals surface area contributed by atoms with Crippen LogP contribution in [0.25, 0.3) is 11.0 Å². The summed E-state index contributed by atoms with van der Waals surface area (Å²) < 4.78 is 2.56. The monoisotopic (exact) mass is 387 g/mol. The zero-order chi connectivity index (χ0) is 17.3. The molecule has 0 saturated heterocycles.